The van der Waals surface area contributed by atoms with Crippen LogP contribution in [0.4, 0.5) is 0 Å². The van der Waals surface area contributed by atoms with Crippen LogP contribution in [0, 0.1) is 6.92 Å². The van der Waals surface area contributed by atoms with E-state index in [4.69, 9.17) is 32.9 Å². The number of benzene rings is 3. The number of aromatic nitrogens is 2. The molecule has 0 unspecified atom stereocenters. The van der Waals surface area contributed by atoms with Gasteiger partial charge < -0.3 is 9.72 Å². The number of nitrogens with zero attached hydrogens (tertiary/aromatic N) is 1. The van der Waals surface area contributed by atoms with Crippen LogP contribution in [0.3, 0.4) is 0 Å². The van der Waals surface area contributed by atoms with E-state index in [1.165, 1.54) is 5.56 Å². The van der Waals surface area contributed by atoms with Crippen molar-refractivity contribution in [3.63, 3.8) is 0 Å². The van der Waals surface area contributed by atoms with Gasteiger partial charge in [-0.3, -0.25) is 4.79 Å². The number of esters is 1. The van der Waals surface area contributed by atoms with Crippen molar-refractivity contribution in [2.45, 2.75) is 26.2 Å². The number of carbonyl (C=O) groups is 1. The highest BCUT2D eigenvalue weighted by atomic mass is 35.5. The van der Waals surface area contributed by atoms with Gasteiger partial charge in [-0.1, -0.05) is 59.1 Å². The van der Waals surface area contributed by atoms with Gasteiger partial charge >= 0.3 is 5.97 Å². The number of rotatable bonds is 6. The van der Waals surface area contributed by atoms with Crippen LogP contribution < -0.4 is 4.74 Å². The number of nitrogens with one attached hydrogen (secondary N) is 1. The molecule has 0 amide bonds. The molecule has 5 rings (SSSR count). The molecule has 34 heavy (non-hydrogen) atoms. The first kappa shape index (κ1) is 22.5. The number of ether oxygens (including phenoxy) is 1. The monoisotopic (exact) mass is 488 g/mol. The number of pyridine rings is 1. The van der Waals surface area contributed by atoms with Gasteiger partial charge in [-0.05, 0) is 67.8 Å². The summed E-state index contributed by atoms with van der Waals surface area (Å²) in [6.45, 7) is 2.08. The highest BCUT2D eigenvalue weighted by molar-refractivity contribution is 6.35. The van der Waals surface area contributed by atoms with Crippen LogP contribution in [0.15, 0.2) is 72.8 Å². The van der Waals surface area contributed by atoms with Gasteiger partial charge in [0.1, 0.15) is 5.75 Å². The maximum absolute atomic E-state index is 12.5. The van der Waals surface area contributed by atoms with Gasteiger partial charge in [0.25, 0.3) is 0 Å². The third-order valence-corrected chi connectivity index (χ3v) is 6.37. The van der Waals surface area contributed by atoms with Crippen LogP contribution in [0.2, 0.25) is 10.0 Å². The fourth-order valence-corrected chi connectivity index (χ4v) is 4.63. The van der Waals surface area contributed by atoms with Crippen molar-refractivity contribution in [3.8, 4) is 17.1 Å². The molecular weight excluding hydrogens is 467 g/mol. The second kappa shape index (κ2) is 9.49. The molecule has 3 aromatic carbocycles. The fourth-order valence-electron chi connectivity index (χ4n) is 4.19. The summed E-state index contributed by atoms with van der Waals surface area (Å²) in [6, 6.07) is 23.4. The van der Waals surface area contributed by atoms with Crippen molar-refractivity contribution in [1.82, 2.24) is 9.97 Å². The molecule has 6 heteroatoms. The number of aromatic amines is 1. The highest BCUT2D eigenvalue weighted by Gasteiger charge is 2.16. The minimum Gasteiger partial charge on any atom is -0.425 e. The van der Waals surface area contributed by atoms with Crippen LogP contribution in [-0.2, 0) is 11.2 Å². The molecule has 0 radical (unpaired) electrons. The van der Waals surface area contributed by atoms with Crippen molar-refractivity contribution in [2.24, 2.45) is 0 Å². The molecule has 0 aliphatic heterocycles. The van der Waals surface area contributed by atoms with Crippen molar-refractivity contribution in [3.05, 3.63) is 94.0 Å². The molecular formula is C28H22Cl2N2O2. The molecule has 0 bridgehead atoms. The maximum Gasteiger partial charge on any atom is 0.311 e. The number of fused-ring (bicyclic) bond motifs is 2. The number of halogens is 2. The first-order chi connectivity index (χ1) is 16.5. The first-order valence-electron chi connectivity index (χ1n) is 11.1. The summed E-state index contributed by atoms with van der Waals surface area (Å²) in [7, 11) is 0. The number of hydrogen-bond acceptors (Lipinski definition) is 3. The smallest absolute Gasteiger partial charge is 0.311 e. The maximum atomic E-state index is 12.5. The summed E-state index contributed by atoms with van der Waals surface area (Å²) in [5, 5.41) is 3.06. The summed E-state index contributed by atoms with van der Waals surface area (Å²) in [5.41, 5.74) is 6.21. The molecule has 0 saturated carbocycles. The number of para-hydroxylation sites is 1. The van der Waals surface area contributed by atoms with Crippen LogP contribution in [-0.4, -0.2) is 15.9 Å². The number of carbonyl (C=O) groups excluding carboxylic acids is 1. The van der Waals surface area contributed by atoms with E-state index in [0.29, 0.717) is 28.6 Å². The van der Waals surface area contributed by atoms with Crippen molar-refractivity contribution in [1.29, 1.82) is 0 Å². The molecule has 4 nitrogen and oxygen atoms in total. The largest absolute Gasteiger partial charge is 0.425 e. The molecule has 2 heterocycles. The van der Waals surface area contributed by atoms with E-state index in [2.05, 4.69) is 42.2 Å². The molecule has 0 spiro atoms. The third-order valence-electron chi connectivity index (χ3n) is 5.84. The van der Waals surface area contributed by atoms with Crippen LogP contribution in [0.5, 0.6) is 5.75 Å². The molecule has 5 aromatic rings. The van der Waals surface area contributed by atoms with Crippen LogP contribution in [0.25, 0.3) is 33.2 Å². The molecule has 170 valence electrons. The van der Waals surface area contributed by atoms with Gasteiger partial charge in [-0.25, -0.2) is 4.98 Å². The predicted octanol–water partition coefficient (Wildman–Crippen LogP) is 7.93. The quantitative estimate of drug-likeness (QED) is 0.195. The molecule has 1 N–H and O–H groups in total. The van der Waals surface area contributed by atoms with E-state index in [0.717, 1.165) is 38.8 Å². The van der Waals surface area contributed by atoms with Crippen molar-refractivity contribution in [2.75, 3.05) is 0 Å². The number of H-pyrrole nitrogens is 1. The number of aryl methyl sites for hydroxylation is 2. The minimum atomic E-state index is -0.328. The van der Waals surface area contributed by atoms with Gasteiger partial charge in [0.2, 0.25) is 0 Å². The molecule has 0 atom stereocenters. The molecule has 0 aliphatic rings. The Hall–Kier alpha value is -3.34. The van der Waals surface area contributed by atoms with E-state index in [1.807, 2.05) is 24.3 Å². The Labute approximate surface area is 207 Å². The second-order valence-electron chi connectivity index (χ2n) is 8.32. The lowest BCUT2D eigenvalue weighted by atomic mass is 10.0. The normalized spacial score (nSPS) is 11.3. The van der Waals surface area contributed by atoms with E-state index in [-0.39, 0.29) is 12.4 Å². The average molecular weight is 489 g/mol. The van der Waals surface area contributed by atoms with E-state index >= 15 is 0 Å². The summed E-state index contributed by atoms with van der Waals surface area (Å²) in [6.07, 6.45) is 1.60. The molecule has 0 aliphatic carbocycles. The highest BCUT2D eigenvalue weighted by Crippen LogP contribution is 2.33. The SMILES string of the molecule is Cc1ccc2[nH]c(-c3ccc4ccccc4n3)c(CCCC(=O)Oc3ccc(Cl)cc3Cl)c2c1. The standard InChI is InChI=1S/C28H22Cl2N2O2/c1-17-9-12-24-21(15-17)20(6-4-8-27(33)34-26-14-11-19(29)16-22(26)30)28(32-24)25-13-10-18-5-2-3-7-23(18)31-25/h2-3,5,7,9-16,32H,4,6,8H2,1H3. The van der Waals surface area contributed by atoms with Gasteiger partial charge in [-0.15, -0.1) is 0 Å². The van der Waals surface area contributed by atoms with Crippen molar-refractivity contribution >= 4 is 51.0 Å². The molecule has 2 aromatic heterocycles. The third kappa shape index (κ3) is 4.65. The van der Waals surface area contributed by atoms with Crippen molar-refractivity contribution < 1.29 is 9.53 Å². The lowest BCUT2D eigenvalue weighted by Gasteiger charge is -2.08. The van der Waals surface area contributed by atoms with E-state index in [1.54, 1.807) is 18.2 Å². The number of hydrogen-bond donors (Lipinski definition) is 1. The molecule has 0 fully saturated rings. The second-order valence-corrected chi connectivity index (χ2v) is 9.16. The van der Waals surface area contributed by atoms with Gasteiger partial charge in [0.05, 0.1) is 21.9 Å². The van der Waals surface area contributed by atoms with Crippen LogP contribution in [0.1, 0.15) is 24.0 Å². The Balaban J connectivity index is 1.40. The summed E-state index contributed by atoms with van der Waals surface area (Å²) >= 11 is 12.0. The summed E-state index contributed by atoms with van der Waals surface area (Å²) in [5.74, 6) is -0.00883. The van der Waals surface area contributed by atoms with E-state index < -0.39 is 0 Å². The zero-order valence-corrected chi connectivity index (χ0v) is 20.1. The lowest BCUT2D eigenvalue weighted by Crippen LogP contribution is -2.08. The van der Waals surface area contributed by atoms with Gasteiger partial charge in [-0.2, -0.15) is 0 Å². The zero-order valence-electron chi connectivity index (χ0n) is 18.6. The molecule has 0 saturated heterocycles. The van der Waals surface area contributed by atoms with E-state index in [9.17, 15) is 4.79 Å². The Bertz CT molecular complexity index is 1520. The average Bonchev–Trinajstić information content (AvgIpc) is 3.18. The summed E-state index contributed by atoms with van der Waals surface area (Å²) < 4.78 is 5.44. The topological polar surface area (TPSA) is 55.0 Å². The van der Waals surface area contributed by atoms with Gasteiger partial charge in [0.15, 0.2) is 0 Å². The Kier molecular flexibility index (Phi) is 6.27. The van der Waals surface area contributed by atoms with Crippen LogP contribution >= 0.6 is 23.2 Å². The summed E-state index contributed by atoms with van der Waals surface area (Å²) in [4.78, 5) is 20.9. The lowest BCUT2D eigenvalue weighted by molar-refractivity contribution is -0.134. The first-order valence-corrected chi connectivity index (χ1v) is 11.9. The minimum absolute atomic E-state index is 0.266. The Morgan fingerprint density at radius 3 is 2.71 bits per heavy atom. The Morgan fingerprint density at radius 2 is 1.85 bits per heavy atom. The van der Waals surface area contributed by atoms with Gasteiger partial charge in [0, 0.05) is 27.7 Å². The Morgan fingerprint density at radius 1 is 1.00 bits per heavy atom. The predicted molar refractivity (Wildman–Crippen MR) is 139 cm³/mol. The zero-order chi connectivity index (χ0) is 23.7. The fraction of sp³-hybridized carbons (Fsp3) is 0.143.